The molecule has 112 valence electrons. The number of carboxylic acid groups (broad SMARTS) is 1. The third-order valence-electron chi connectivity index (χ3n) is 3.83. The number of thioether (sulfide) groups is 1. The van der Waals surface area contributed by atoms with E-state index >= 15 is 0 Å². The van der Waals surface area contributed by atoms with Crippen LogP contribution in [0, 0.1) is 0 Å². The second-order valence-electron chi connectivity index (χ2n) is 5.43. The van der Waals surface area contributed by atoms with Crippen LogP contribution in [0.5, 0.6) is 0 Å². The maximum Gasteiger partial charge on any atom is 0.323 e. The van der Waals surface area contributed by atoms with E-state index in [-0.39, 0.29) is 0 Å². The van der Waals surface area contributed by atoms with Crippen LogP contribution >= 0.6 is 11.8 Å². The Labute approximate surface area is 124 Å². The van der Waals surface area contributed by atoms with Crippen LogP contribution in [0.2, 0.25) is 0 Å². The number of aryl methyl sites for hydroxylation is 1. The SMILES string of the molecule is CCC(CCCSc1nccn1C)(NC1CC1)C(=O)O. The molecule has 1 saturated carbocycles. The summed E-state index contributed by atoms with van der Waals surface area (Å²) in [6, 6.07) is 0.410. The molecule has 6 heteroatoms. The van der Waals surface area contributed by atoms with Gasteiger partial charge in [-0.1, -0.05) is 18.7 Å². The summed E-state index contributed by atoms with van der Waals surface area (Å²) in [4.78, 5) is 15.9. The van der Waals surface area contributed by atoms with Crippen LogP contribution in [0.4, 0.5) is 0 Å². The molecule has 1 atom stereocenters. The number of imidazole rings is 1. The second kappa shape index (κ2) is 6.63. The van der Waals surface area contributed by atoms with Gasteiger partial charge in [-0.15, -0.1) is 0 Å². The smallest absolute Gasteiger partial charge is 0.323 e. The zero-order valence-electron chi connectivity index (χ0n) is 12.1. The zero-order chi connectivity index (χ0) is 14.6. The van der Waals surface area contributed by atoms with Gasteiger partial charge in [0.2, 0.25) is 0 Å². The van der Waals surface area contributed by atoms with Gasteiger partial charge in [-0.2, -0.15) is 0 Å². The van der Waals surface area contributed by atoms with Crippen molar-refractivity contribution in [3.63, 3.8) is 0 Å². The normalized spacial score (nSPS) is 17.9. The number of aliphatic carboxylic acids is 1. The van der Waals surface area contributed by atoms with E-state index in [4.69, 9.17) is 0 Å². The van der Waals surface area contributed by atoms with E-state index in [1.54, 1.807) is 18.0 Å². The predicted molar refractivity (Wildman–Crippen MR) is 80.0 cm³/mol. The monoisotopic (exact) mass is 297 g/mol. The first-order valence-corrected chi connectivity index (χ1v) is 8.17. The molecular weight excluding hydrogens is 274 g/mol. The molecule has 0 radical (unpaired) electrons. The molecule has 0 aromatic carbocycles. The number of carbonyl (C=O) groups is 1. The maximum atomic E-state index is 11.6. The van der Waals surface area contributed by atoms with Crippen molar-refractivity contribution in [2.75, 3.05) is 5.75 Å². The molecule has 1 fully saturated rings. The van der Waals surface area contributed by atoms with Crippen molar-refractivity contribution in [2.24, 2.45) is 7.05 Å². The fourth-order valence-corrected chi connectivity index (χ4v) is 3.19. The number of nitrogens with zero attached hydrogens (tertiary/aromatic N) is 2. The van der Waals surface area contributed by atoms with Crippen LogP contribution in [0.1, 0.15) is 39.0 Å². The average Bonchev–Trinajstić information content (AvgIpc) is 3.14. The average molecular weight is 297 g/mol. The first-order valence-electron chi connectivity index (χ1n) is 7.18. The first kappa shape index (κ1) is 15.4. The molecule has 1 aliphatic rings. The highest BCUT2D eigenvalue weighted by Crippen LogP contribution is 2.28. The Morgan fingerprint density at radius 3 is 2.90 bits per heavy atom. The molecule has 1 heterocycles. The summed E-state index contributed by atoms with van der Waals surface area (Å²) in [7, 11) is 1.97. The molecule has 1 aromatic rings. The Morgan fingerprint density at radius 2 is 2.40 bits per heavy atom. The van der Waals surface area contributed by atoms with Crippen LogP contribution < -0.4 is 5.32 Å². The molecule has 0 saturated heterocycles. The van der Waals surface area contributed by atoms with Crippen molar-refractivity contribution in [2.45, 2.75) is 55.8 Å². The summed E-state index contributed by atoms with van der Waals surface area (Å²) in [5.41, 5.74) is -0.747. The van der Waals surface area contributed by atoms with Crippen LogP contribution in [-0.4, -0.2) is 38.0 Å². The fourth-order valence-electron chi connectivity index (χ4n) is 2.32. The first-order chi connectivity index (χ1) is 9.57. The highest BCUT2D eigenvalue weighted by Gasteiger charge is 2.40. The third kappa shape index (κ3) is 3.76. The summed E-state index contributed by atoms with van der Waals surface area (Å²) < 4.78 is 1.98. The largest absolute Gasteiger partial charge is 0.480 e. The number of rotatable bonds is 9. The van der Waals surface area contributed by atoms with Crippen LogP contribution in [0.15, 0.2) is 17.6 Å². The summed E-state index contributed by atoms with van der Waals surface area (Å²) in [5.74, 6) is 0.181. The maximum absolute atomic E-state index is 11.6. The van der Waals surface area contributed by atoms with Crippen molar-refractivity contribution < 1.29 is 9.90 Å². The number of carboxylic acids is 1. The molecular formula is C14H23N3O2S. The lowest BCUT2D eigenvalue weighted by molar-refractivity contribution is -0.145. The van der Waals surface area contributed by atoms with Crippen LogP contribution in [0.25, 0.3) is 0 Å². The summed E-state index contributed by atoms with van der Waals surface area (Å²) in [6.07, 6.45) is 8.10. The second-order valence-corrected chi connectivity index (χ2v) is 6.49. The molecule has 1 aromatic heterocycles. The van der Waals surface area contributed by atoms with Crippen molar-refractivity contribution in [1.29, 1.82) is 0 Å². The Kier molecular flexibility index (Phi) is 5.10. The lowest BCUT2D eigenvalue weighted by atomic mass is 9.90. The minimum atomic E-state index is -0.747. The topological polar surface area (TPSA) is 67.2 Å². The molecule has 0 amide bonds. The lowest BCUT2D eigenvalue weighted by Crippen LogP contribution is -2.52. The fraction of sp³-hybridized carbons (Fsp3) is 0.714. The zero-order valence-corrected chi connectivity index (χ0v) is 12.9. The molecule has 5 nitrogen and oxygen atoms in total. The van der Waals surface area contributed by atoms with Gasteiger partial charge in [-0.25, -0.2) is 4.98 Å². The molecule has 0 spiro atoms. The van der Waals surface area contributed by atoms with E-state index < -0.39 is 11.5 Å². The minimum absolute atomic E-state index is 0.410. The van der Waals surface area contributed by atoms with Gasteiger partial charge in [0.25, 0.3) is 0 Å². The quantitative estimate of drug-likeness (QED) is 0.541. The lowest BCUT2D eigenvalue weighted by Gasteiger charge is -2.29. The van der Waals surface area contributed by atoms with Crippen molar-refractivity contribution >= 4 is 17.7 Å². The summed E-state index contributed by atoms with van der Waals surface area (Å²) in [5, 5.41) is 13.9. The van der Waals surface area contributed by atoms with Gasteiger partial charge >= 0.3 is 5.97 Å². The van der Waals surface area contributed by atoms with E-state index in [0.717, 1.165) is 30.2 Å². The Bertz CT molecular complexity index is 459. The van der Waals surface area contributed by atoms with Gasteiger partial charge in [0, 0.05) is 31.2 Å². The van der Waals surface area contributed by atoms with Crippen LogP contribution in [-0.2, 0) is 11.8 Å². The molecule has 0 bridgehead atoms. The number of nitrogens with one attached hydrogen (secondary N) is 1. The Hall–Kier alpha value is -1.01. The van der Waals surface area contributed by atoms with Gasteiger partial charge in [0.1, 0.15) is 5.54 Å². The van der Waals surface area contributed by atoms with E-state index in [9.17, 15) is 9.90 Å². The van der Waals surface area contributed by atoms with Gasteiger partial charge in [-0.05, 0) is 32.1 Å². The van der Waals surface area contributed by atoms with Crippen molar-refractivity contribution in [3.8, 4) is 0 Å². The minimum Gasteiger partial charge on any atom is -0.480 e. The number of aromatic nitrogens is 2. The van der Waals surface area contributed by atoms with Crippen molar-refractivity contribution in [1.82, 2.24) is 14.9 Å². The number of hydrogen-bond donors (Lipinski definition) is 2. The van der Waals surface area contributed by atoms with E-state index in [2.05, 4.69) is 10.3 Å². The molecule has 0 aliphatic heterocycles. The summed E-state index contributed by atoms with van der Waals surface area (Å²) >= 11 is 1.68. The van der Waals surface area contributed by atoms with Gasteiger partial charge < -0.3 is 9.67 Å². The van der Waals surface area contributed by atoms with Crippen molar-refractivity contribution in [3.05, 3.63) is 12.4 Å². The van der Waals surface area contributed by atoms with E-state index in [1.807, 2.05) is 24.7 Å². The molecule has 2 rings (SSSR count). The molecule has 20 heavy (non-hydrogen) atoms. The molecule has 1 unspecified atom stereocenters. The number of hydrogen-bond acceptors (Lipinski definition) is 4. The third-order valence-corrected chi connectivity index (χ3v) is 4.97. The highest BCUT2D eigenvalue weighted by atomic mass is 32.2. The van der Waals surface area contributed by atoms with Crippen LogP contribution in [0.3, 0.4) is 0 Å². The van der Waals surface area contributed by atoms with Gasteiger partial charge in [0.05, 0.1) is 0 Å². The highest BCUT2D eigenvalue weighted by molar-refractivity contribution is 7.99. The van der Waals surface area contributed by atoms with Gasteiger partial charge in [-0.3, -0.25) is 10.1 Å². The molecule has 2 N–H and O–H groups in total. The van der Waals surface area contributed by atoms with E-state index in [0.29, 0.717) is 18.9 Å². The molecule has 1 aliphatic carbocycles. The Morgan fingerprint density at radius 1 is 1.65 bits per heavy atom. The van der Waals surface area contributed by atoms with Gasteiger partial charge in [0.15, 0.2) is 5.16 Å². The predicted octanol–water partition coefficient (Wildman–Crippen LogP) is 2.28. The standard InChI is InChI=1S/C14H23N3O2S/c1-3-14(12(18)19,16-11-5-6-11)7-4-10-20-13-15-8-9-17(13)2/h8-9,11,16H,3-7,10H2,1-2H3,(H,18,19). The van der Waals surface area contributed by atoms with E-state index in [1.165, 1.54) is 0 Å². The Balaban J connectivity index is 1.82. The summed E-state index contributed by atoms with van der Waals surface area (Å²) in [6.45, 7) is 1.95.